The van der Waals surface area contributed by atoms with Crippen LogP contribution in [-0.4, -0.2) is 29.8 Å². The van der Waals surface area contributed by atoms with Crippen LogP contribution in [0.2, 0.25) is 0 Å². The molecule has 5 heteroatoms. The third-order valence-corrected chi connectivity index (χ3v) is 2.20. The van der Waals surface area contributed by atoms with E-state index >= 15 is 0 Å². The molecule has 0 heterocycles. The summed E-state index contributed by atoms with van der Waals surface area (Å²) in [6.45, 7) is 4.92. The van der Waals surface area contributed by atoms with Crippen molar-refractivity contribution in [3.05, 3.63) is 29.8 Å². The Morgan fingerprint density at radius 2 is 1.83 bits per heavy atom. The number of ether oxygens (including phenoxy) is 1. The predicted octanol–water partition coefficient (Wildman–Crippen LogP) is 2.43. The molecule has 1 aromatic carbocycles. The van der Waals surface area contributed by atoms with Gasteiger partial charge in [-0.1, -0.05) is 17.7 Å². The van der Waals surface area contributed by atoms with Crippen molar-refractivity contribution in [3.63, 3.8) is 0 Å². The number of carbonyl (C=O) groups excluding carboxylic acids is 1. The fourth-order valence-corrected chi connectivity index (χ4v) is 1.39. The Morgan fingerprint density at radius 1 is 1.28 bits per heavy atom. The average Bonchev–Trinajstić information content (AvgIpc) is 2.26. The van der Waals surface area contributed by atoms with Gasteiger partial charge >= 0.3 is 12.1 Å². The lowest BCUT2D eigenvalue weighted by Gasteiger charge is -2.21. The van der Waals surface area contributed by atoms with Gasteiger partial charge in [-0.2, -0.15) is 0 Å². The molecule has 0 saturated carbocycles. The topological polar surface area (TPSA) is 66.8 Å². The van der Waals surface area contributed by atoms with Gasteiger partial charge in [0, 0.05) is 5.69 Å². The van der Waals surface area contributed by atoms with Crippen LogP contribution in [-0.2, 0) is 9.53 Å². The standard InChI is InChI=1S/C13H17NO4/c1-9(2)18-13(17)14(8-12(15)16)11-6-4-10(3)5-7-11/h4-7,9H,8H2,1-3H3,(H,15,16). The molecule has 0 radical (unpaired) electrons. The van der Waals surface area contributed by atoms with E-state index in [0.29, 0.717) is 5.69 Å². The van der Waals surface area contributed by atoms with E-state index in [0.717, 1.165) is 10.5 Å². The second kappa shape index (κ2) is 6.05. The van der Waals surface area contributed by atoms with Crippen LogP contribution in [0.3, 0.4) is 0 Å². The maximum Gasteiger partial charge on any atom is 0.415 e. The molecule has 0 atom stereocenters. The van der Waals surface area contributed by atoms with Crippen molar-refractivity contribution in [1.82, 2.24) is 0 Å². The van der Waals surface area contributed by atoms with Crippen molar-refractivity contribution in [3.8, 4) is 0 Å². The van der Waals surface area contributed by atoms with Gasteiger partial charge in [0.25, 0.3) is 0 Å². The zero-order chi connectivity index (χ0) is 13.7. The molecule has 18 heavy (non-hydrogen) atoms. The minimum Gasteiger partial charge on any atom is -0.480 e. The van der Waals surface area contributed by atoms with E-state index in [1.165, 1.54) is 0 Å². The molecule has 0 spiro atoms. The average molecular weight is 251 g/mol. The fraction of sp³-hybridized carbons (Fsp3) is 0.385. The Balaban J connectivity index is 2.93. The quantitative estimate of drug-likeness (QED) is 0.892. The summed E-state index contributed by atoms with van der Waals surface area (Å²) in [4.78, 5) is 23.7. The lowest BCUT2D eigenvalue weighted by molar-refractivity contribution is -0.135. The van der Waals surface area contributed by atoms with E-state index in [1.54, 1.807) is 26.0 Å². The van der Waals surface area contributed by atoms with Crippen LogP contribution in [0.5, 0.6) is 0 Å². The number of aryl methyl sites for hydroxylation is 1. The summed E-state index contributed by atoms with van der Waals surface area (Å²) in [5.41, 5.74) is 1.54. The molecule has 98 valence electrons. The molecule has 0 aliphatic heterocycles. The minimum absolute atomic E-state index is 0.292. The Bertz CT molecular complexity index is 425. The van der Waals surface area contributed by atoms with E-state index in [9.17, 15) is 9.59 Å². The maximum absolute atomic E-state index is 11.8. The zero-order valence-corrected chi connectivity index (χ0v) is 10.7. The smallest absolute Gasteiger partial charge is 0.415 e. The highest BCUT2D eigenvalue weighted by molar-refractivity contribution is 5.93. The Labute approximate surface area is 106 Å². The number of aliphatic carboxylic acids is 1. The lowest BCUT2D eigenvalue weighted by atomic mass is 10.2. The van der Waals surface area contributed by atoms with Gasteiger partial charge in [0.2, 0.25) is 0 Å². The molecule has 0 fully saturated rings. The number of rotatable bonds is 4. The number of amides is 1. The highest BCUT2D eigenvalue weighted by Gasteiger charge is 2.20. The van der Waals surface area contributed by atoms with Crippen molar-refractivity contribution in [2.75, 3.05) is 11.4 Å². The summed E-state index contributed by atoms with van der Waals surface area (Å²) in [5.74, 6) is -1.09. The molecule has 0 unspecified atom stereocenters. The van der Waals surface area contributed by atoms with Crippen LogP contribution >= 0.6 is 0 Å². The van der Waals surface area contributed by atoms with Crippen molar-refractivity contribution in [2.24, 2.45) is 0 Å². The van der Waals surface area contributed by atoms with Crippen molar-refractivity contribution < 1.29 is 19.4 Å². The monoisotopic (exact) mass is 251 g/mol. The van der Waals surface area contributed by atoms with E-state index in [1.807, 2.05) is 19.1 Å². The lowest BCUT2D eigenvalue weighted by Crippen LogP contribution is -2.37. The fourth-order valence-electron chi connectivity index (χ4n) is 1.39. The number of nitrogens with zero attached hydrogens (tertiary/aromatic N) is 1. The zero-order valence-electron chi connectivity index (χ0n) is 10.7. The van der Waals surface area contributed by atoms with Crippen LogP contribution in [0.15, 0.2) is 24.3 Å². The molecule has 1 N–H and O–H groups in total. The van der Waals surface area contributed by atoms with Gasteiger partial charge in [-0.15, -0.1) is 0 Å². The first kappa shape index (κ1) is 14.0. The van der Waals surface area contributed by atoms with Crippen molar-refractivity contribution in [2.45, 2.75) is 26.9 Å². The summed E-state index contributed by atoms with van der Waals surface area (Å²) >= 11 is 0. The van der Waals surface area contributed by atoms with Crippen molar-refractivity contribution >= 4 is 17.7 Å². The van der Waals surface area contributed by atoms with E-state index in [-0.39, 0.29) is 6.10 Å². The number of hydrogen-bond acceptors (Lipinski definition) is 3. The minimum atomic E-state index is -1.09. The first-order valence-electron chi connectivity index (χ1n) is 5.66. The molecule has 0 aliphatic rings. The summed E-state index contributed by atoms with van der Waals surface area (Å²) in [6.07, 6.45) is -0.949. The third kappa shape index (κ3) is 4.08. The van der Waals surface area contributed by atoms with Gasteiger partial charge in [0.05, 0.1) is 6.10 Å². The van der Waals surface area contributed by atoms with E-state index in [2.05, 4.69) is 0 Å². The molecule has 1 rings (SSSR count). The van der Waals surface area contributed by atoms with E-state index in [4.69, 9.17) is 9.84 Å². The van der Waals surface area contributed by atoms with Gasteiger partial charge in [0.15, 0.2) is 0 Å². The van der Waals surface area contributed by atoms with Crippen LogP contribution < -0.4 is 4.90 Å². The number of benzene rings is 1. The summed E-state index contributed by atoms with van der Waals surface area (Å²) < 4.78 is 5.02. The highest BCUT2D eigenvalue weighted by Crippen LogP contribution is 2.16. The van der Waals surface area contributed by atoms with Gasteiger partial charge < -0.3 is 9.84 Å². The Hall–Kier alpha value is -2.04. The molecule has 5 nitrogen and oxygen atoms in total. The molecular formula is C13H17NO4. The predicted molar refractivity (Wildman–Crippen MR) is 67.8 cm³/mol. The normalized spacial score (nSPS) is 10.2. The van der Waals surface area contributed by atoms with Gasteiger partial charge in [-0.05, 0) is 32.9 Å². The SMILES string of the molecule is Cc1ccc(N(CC(=O)O)C(=O)OC(C)C)cc1. The van der Waals surface area contributed by atoms with Crippen LogP contribution in [0, 0.1) is 6.92 Å². The molecule has 0 aliphatic carbocycles. The maximum atomic E-state index is 11.8. The molecule has 0 saturated heterocycles. The molecular weight excluding hydrogens is 234 g/mol. The number of hydrogen-bond donors (Lipinski definition) is 1. The molecule has 0 bridgehead atoms. The summed E-state index contributed by atoms with van der Waals surface area (Å²) in [7, 11) is 0. The number of carbonyl (C=O) groups is 2. The number of carboxylic acids is 1. The van der Waals surface area contributed by atoms with E-state index < -0.39 is 18.6 Å². The summed E-state index contributed by atoms with van der Waals surface area (Å²) in [5, 5.41) is 8.83. The molecule has 1 aromatic rings. The largest absolute Gasteiger partial charge is 0.480 e. The van der Waals surface area contributed by atoms with Crippen LogP contribution in [0.4, 0.5) is 10.5 Å². The van der Waals surface area contributed by atoms with Gasteiger partial charge in [-0.3, -0.25) is 9.69 Å². The second-order valence-corrected chi connectivity index (χ2v) is 4.25. The Morgan fingerprint density at radius 3 is 2.28 bits per heavy atom. The van der Waals surface area contributed by atoms with Crippen LogP contribution in [0.25, 0.3) is 0 Å². The second-order valence-electron chi connectivity index (χ2n) is 4.25. The van der Waals surface area contributed by atoms with Crippen molar-refractivity contribution in [1.29, 1.82) is 0 Å². The van der Waals surface area contributed by atoms with Crippen LogP contribution in [0.1, 0.15) is 19.4 Å². The first-order valence-corrected chi connectivity index (χ1v) is 5.66. The first-order chi connectivity index (χ1) is 8.40. The molecule has 1 amide bonds. The van der Waals surface area contributed by atoms with Gasteiger partial charge in [0.1, 0.15) is 6.54 Å². The third-order valence-electron chi connectivity index (χ3n) is 2.20. The Kier molecular flexibility index (Phi) is 4.71. The number of carboxylic acid groups (broad SMARTS) is 1. The highest BCUT2D eigenvalue weighted by atomic mass is 16.6. The summed E-state index contributed by atoms with van der Waals surface area (Å²) in [6, 6.07) is 7.01. The molecule has 0 aromatic heterocycles. The van der Waals surface area contributed by atoms with Gasteiger partial charge in [-0.25, -0.2) is 4.79 Å². The number of anilines is 1.